The fourth-order valence-electron chi connectivity index (χ4n) is 2.21. The van der Waals surface area contributed by atoms with Gasteiger partial charge in [-0.3, -0.25) is 9.59 Å². The normalized spacial score (nSPS) is 25.5. The van der Waals surface area contributed by atoms with Crippen molar-refractivity contribution in [3.8, 4) is 0 Å². The minimum atomic E-state index is -0.467. The monoisotopic (exact) mass is 268 g/mol. The van der Waals surface area contributed by atoms with Gasteiger partial charge in [0.25, 0.3) is 0 Å². The Morgan fingerprint density at radius 2 is 1.63 bits per heavy atom. The lowest BCUT2D eigenvalue weighted by Crippen LogP contribution is -2.50. The minimum Gasteiger partial charge on any atom is -0.352 e. The first-order chi connectivity index (χ1) is 8.70. The van der Waals surface area contributed by atoms with Crippen LogP contribution in [0.3, 0.4) is 0 Å². The standard InChI is InChI=1S/C15H28N2O2/c1-10-6-8-12(9-7-10)17-13(18)11(2)16-14(19)15(3,4)5/h10-12H,6-9H2,1-5H3,(H,16,19)(H,17,18). The fraction of sp³-hybridized carbons (Fsp3) is 0.867. The second kappa shape index (κ2) is 6.40. The molecule has 1 aliphatic carbocycles. The van der Waals surface area contributed by atoms with E-state index in [1.165, 1.54) is 12.8 Å². The lowest BCUT2D eigenvalue weighted by Gasteiger charge is -2.28. The van der Waals surface area contributed by atoms with Crippen molar-refractivity contribution in [2.75, 3.05) is 0 Å². The summed E-state index contributed by atoms with van der Waals surface area (Å²) >= 11 is 0. The van der Waals surface area contributed by atoms with Crippen molar-refractivity contribution in [2.24, 2.45) is 11.3 Å². The Morgan fingerprint density at radius 3 is 2.11 bits per heavy atom. The van der Waals surface area contributed by atoms with E-state index < -0.39 is 11.5 Å². The summed E-state index contributed by atoms with van der Waals surface area (Å²) in [6, 6.07) is -0.191. The second-order valence-corrected chi connectivity index (χ2v) is 6.91. The van der Waals surface area contributed by atoms with E-state index in [-0.39, 0.29) is 17.9 Å². The number of amides is 2. The van der Waals surface area contributed by atoms with Gasteiger partial charge in [-0.25, -0.2) is 0 Å². The molecule has 0 saturated heterocycles. The van der Waals surface area contributed by atoms with Gasteiger partial charge < -0.3 is 10.6 Å². The summed E-state index contributed by atoms with van der Waals surface area (Å²) in [7, 11) is 0. The minimum absolute atomic E-state index is 0.0721. The second-order valence-electron chi connectivity index (χ2n) is 6.91. The first kappa shape index (κ1) is 16.0. The van der Waals surface area contributed by atoms with E-state index in [9.17, 15) is 9.59 Å². The van der Waals surface area contributed by atoms with Gasteiger partial charge in [-0.05, 0) is 38.5 Å². The molecule has 0 aromatic heterocycles. The van der Waals surface area contributed by atoms with E-state index in [1.807, 2.05) is 20.8 Å². The number of carbonyl (C=O) groups is 2. The highest BCUT2D eigenvalue weighted by atomic mass is 16.2. The summed E-state index contributed by atoms with van der Waals surface area (Å²) in [6.45, 7) is 9.52. The smallest absolute Gasteiger partial charge is 0.242 e. The predicted octanol–water partition coefficient (Wildman–Crippen LogP) is 2.23. The Balaban J connectivity index is 2.39. The lowest BCUT2D eigenvalue weighted by molar-refractivity contribution is -0.133. The molecule has 4 nitrogen and oxygen atoms in total. The van der Waals surface area contributed by atoms with Crippen LogP contribution in [-0.2, 0) is 9.59 Å². The van der Waals surface area contributed by atoms with E-state index in [0.717, 1.165) is 18.8 Å². The van der Waals surface area contributed by atoms with Crippen LogP contribution in [0.2, 0.25) is 0 Å². The van der Waals surface area contributed by atoms with Crippen LogP contribution in [0.5, 0.6) is 0 Å². The molecule has 1 atom stereocenters. The summed E-state index contributed by atoms with van der Waals surface area (Å²) in [5, 5.41) is 5.81. The number of nitrogens with one attached hydrogen (secondary N) is 2. The Morgan fingerprint density at radius 1 is 1.11 bits per heavy atom. The highest BCUT2D eigenvalue weighted by Crippen LogP contribution is 2.23. The molecular formula is C15H28N2O2. The van der Waals surface area contributed by atoms with Crippen LogP contribution < -0.4 is 10.6 Å². The molecule has 0 radical (unpaired) electrons. The maximum Gasteiger partial charge on any atom is 0.242 e. The van der Waals surface area contributed by atoms with Crippen molar-refractivity contribution in [3.05, 3.63) is 0 Å². The Bertz CT molecular complexity index is 326. The first-order valence-corrected chi connectivity index (χ1v) is 7.31. The Kier molecular flexibility index (Phi) is 5.39. The van der Waals surface area contributed by atoms with Gasteiger partial charge >= 0.3 is 0 Å². The average molecular weight is 268 g/mol. The molecule has 1 rings (SSSR count). The lowest BCUT2D eigenvalue weighted by atomic mass is 9.87. The van der Waals surface area contributed by atoms with Crippen LogP contribution in [0.25, 0.3) is 0 Å². The molecule has 0 bridgehead atoms. The molecule has 1 unspecified atom stereocenters. The van der Waals surface area contributed by atoms with Crippen molar-refractivity contribution >= 4 is 11.8 Å². The molecule has 2 N–H and O–H groups in total. The van der Waals surface area contributed by atoms with E-state index in [2.05, 4.69) is 17.6 Å². The topological polar surface area (TPSA) is 58.2 Å². The number of carbonyl (C=O) groups excluding carboxylic acids is 2. The van der Waals surface area contributed by atoms with Gasteiger partial charge in [-0.15, -0.1) is 0 Å². The molecule has 0 aromatic carbocycles. The zero-order valence-corrected chi connectivity index (χ0v) is 12.9. The van der Waals surface area contributed by atoms with Crippen LogP contribution in [0.15, 0.2) is 0 Å². The molecule has 0 aliphatic heterocycles. The van der Waals surface area contributed by atoms with Crippen molar-refractivity contribution in [1.29, 1.82) is 0 Å². The summed E-state index contributed by atoms with van der Waals surface area (Å²) in [6.07, 6.45) is 4.45. The fourth-order valence-corrected chi connectivity index (χ4v) is 2.21. The van der Waals surface area contributed by atoms with Crippen molar-refractivity contribution in [3.63, 3.8) is 0 Å². The quantitative estimate of drug-likeness (QED) is 0.824. The molecule has 0 aromatic rings. The number of rotatable bonds is 3. The number of hydrogen-bond donors (Lipinski definition) is 2. The van der Waals surface area contributed by atoms with Gasteiger partial charge in [-0.1, -0.05) is 27.7 Å². The third kappa shape index (κ3) is 5.21. The average Bonchev–Trinajstić information content (AvgIpc) is 2.30. The SMILES string of the molecule is CC1CCC(NC(=O)C(C)NC(=O)C(C)(C)C)CC1. The predicted molar refractivity (Wildman–Crippen MR) is 76.6 cm³/mol. The van der Waals surface area contributed by atoms with E-state index >= 15 is 0 Å². The Labute approximate surface area is 116 Å². The van der Waals surface area contributed by atoms with Crippen molar-refractivity contribution in [1.82, 2.24) is 10.6 Å². The van der Waals surface area contributed by atoms with E-state index in [0.29, 0.717) is 0 Å². The van der Waals surface area contributed by atoms with Gasteiger partial charge in [0.2, 0.25) is 11.8 Å². The number of hydrogen-bond acceptors (Lipinski definition) is 2. The molecule has 2 amide bonds. The molecule has 1 fully saturated rings. The molecule has 1 aliphatic rings. The molecule has 0 heterocycles. The summed E-state index contributed by atoms with van der Waals surface area (Å²) in [4.78, 5) is 23.9. The maximum absolute atomic E-state index is 12.0. The van der Waals surface area contributed by atoms with Crippen LogP contribution in [0, 0.1) is 11.3 Å². The molecule has 1 saturated carbocycles. The molecule has 0 spiro atoms. The zero-order chi connectivity index (χ0) is 14.6. The van der Waals surface area contributed by atoms with E-state index in [4.69, 9.17) is 0 Å². The third-order valence-corrected chi connectivity index (χ3v) is 3.78. The largest absolute Gasteiger partial charge is 0.352 e. The van der Waals surface area contributed by atoms with Gasteiger partial charge in [0, 0.05) is 11.5 Å². The van der Waals surface area contributed by atoms with Crippen LogP contribution in [0.1, 0.15) is 60.3 Å². The van der Waals surface area contributed by atoms with Crippen molar-refractivity contribution < 1.29 is 9.59 Å². The molecular weight excluding hydrogens is 240 g/mol. The van der Waals surface area contributed by atoms with Crippen molar-refractivity contribution in [2.45, 2.75) is 72.4 Å². The summed E-state index contributed by atoms with van der Waals surface area (Å²) < 4.78 is 0. The van der Waals surface area contributed by atoms with Crippen LogP contribution >= 0.6 is 0 Å². The highest BCUT2D eigenvalue weighted by Gasteiger charge is 2.26. The molecule has 110 valence electrons. The Hall–Kier alpha value is -1.06. The third-order valence-electron chi connectivity index (χ3n) is 3.78. The molecule has 4 heteroatoms. The first-order valence-electron chi connectivity index (χ1n) is 7.31. The summed E-state index contributed by atoms with van der Waals surface area (Å²) in [5.74, 6) is 0.607. The van der Waals surface area contributed by atoms with Gasteiger partial charge in [0.05, 0.1) is 0 Å². The maximum atomic E-state index is 12.0. The van der Waals surface area contributed by atoms with Crippen LogP contribution in [-0.4, -0.2) is 23.9 Å². The van der Waals surface area contributed by atoms with E-state index in [1.54, 1.807) is 6.92 Å². The van der Waals surface area contributed by atoms with Gasteiger partial charge in [0.15, 0.2) is 0 Å². The molecule has 19 heavy (non-hydrogen) atoms. The van der Waals surface area contributed by atoms with Gasteiger partial charge in [0.1, 0.15) is 6.04 Å². The highest BCUT2D eigenvalue weighted by molar-refractivity contribution is 5.89. The zero-order valence-electron chi connectivity index (χ0n) is 12.9. The van der Waals surface area contributed by atoms with Gasteiger partial charge in [-0.2, -0.15) is 0 Å². The van der Waals surface area contributed by atoms with Crippen LogP contribution in [0.4, 0.5) is 0 Å². The summed E-state index contributed by atoms with van der Waals surface area (Å²) in [5.41, 5.74) is -0.463.